The molecule has 0 bridgehead atoms. The first-order valence-electron chi connectivity index (χ1n) is 6.58. The second-order valence-electron chi connectivity index (χ2n) is 4.83. The second-order valence-corrected chi connectivity index (χ2v) is 8.65. The SMILES string of the molecule is O=C1/C(=C/c2cc(Br)c(O)c(Br)c2)SC(=S)N1c1cccc(Cl)c1. The van der Waals surface area contributed by atoms with Gasteiger partial charge in [-0.25, -0.2) is 0 Å². The number of benzene rings is 2. The zero-order chi connectivity index (χ0) is 17.4. The lowest BCUT2D eigenvalue weighted by molar-refractivity contribution is -0.113. The van der Waals surface area contributed by atoms with Gasteiger partial charge in [0.25, 0.3) is 5.91 Å². The Morgan fingerprint density at radius 1 is 1.21 bits per heavy atom. The predicted molar refractivity (Wildman–Crippen MR) is 111 cm³/mol. The van der Waals surface area contributed by atoms with Crippen molar-refractivity contribution in [1.29, 1.82) is 0 Å². The average Bonchev–Trinajstić information content (AvgIpc) is 2.79. The van der Waals surface area contributed by atoms with Gasteiger partial charge in [-0.05, 0) is 73.8 Å². The van der Waals surface area contributed by atoms with Crippen molar-refractivity contribution < 1.29 is 9.90 Å². The number of hydrogen-bond donors (Lipinski definition) is 1. The van der Waals surface area contributed by atoms with Crippen molar-refractivity contribution in [2.24, 2.45) is 0 Å². The lowest BCUT2D eigenvalue weighted by atomic mass is 10.2. The fourth-order valence-electron chi connectivity index (χ4n) is 2.13. The summed E-state index contributed by atoms with van der Waals surface area (Å²) in [4.78, 5) is 14.7. The van der Waals surface area contributed by atoms with Gasteiger partial charge in [-0.2, -0.15) is 0 Å². The molecule has 3 nitrogen and oxygen atoms in total. The van der Waals surface area contributed by atoms with E-state index in [-0.39, 0.29) is 11.7 Å². The van der Waals surface area contributed by atoms with E-state index in [9.17, 15) is 9.90 Å². The number of aromatic hydroxyl groups is 1. The minimum absolute atomic E-state index is 0.110. The number of thioether (sulfide) groups is 1. The molecule has 0 aliphatic carbocycles. The number of halogens is 3. The minimum Gasteiger partial charge on any atom is -0.506 e. The smallest absolute Gasteiger partial charge is 0.270 e. The maximum absolute atomic E-state index is 12.7. The molecule has 0 spiro atoms. The van der Waals surface area contributed by atoms with E-state index in [2.05, 4.69) is 31.9 Å². The van der Waals surface area contributed by atoms with Crippen LogP contribution in [0.5, 0.6) is 5.75 Å². The number of rotatable bonds is 2. The van der Waals surface area contributed by atoms with Gasteiger partial charge in [0.2, 0.25) is 0 Å². The number of nitrogens with zero attached hydrogens (tertiary/aromatic N) is 1. The van der Waals surface area contributed by atoms with Crippen LogP contribution < -0.4 is 4.90 Å². The third-order valence-electron chi connectivity index (χ3n) is 3.20. The Labute approximate surface area is 169 Å². The molecule has 0 unspecified atom stereocenters. The summed E-state index contributed by atoms with van der Waals surface area (Å²) in [5.74, 6) is -0.0915. The molecule has 1 aliphatic heterocycles. The second kappa shape index (κ2) is 7.17. The minimum atomic E-state index is -0.201. The molecule has 1 aliphatic rings. The molecular formula is C16H8Br2ClNO2S2. The number of carbonyl (C=O) groups excluding carboxylic acids is 1. The summed E-state index contributed by atoms with van der Waals surface area (Å²) in [6, 6.07) is 10.5. The van der Waals surface area contributed by atoms with Crippen LogP contribution in [-0.4, -0.2) is 15.3 Å². The van der Waals surface area contributed by atoms with Crippen LogP contribution >= 0.6 is 67.4 Å². The standard InChI is InChI=1S/C16H8Br2ClNO2S2/c17-11-4-8(5-12(18)14(11)21)6-13-15(22)20(16(23)24-13)10-3-1-2-9(19)7-10/h1-7,21H/b13-6-. The van der Waals surface area contributed by atoms with Crippen molar-refractivity contribution in [3.8, 4) is 5.75 Å². The number of amides is 1. The van der Waals surface area contributed by atoms with Gasteiger partial charge in [-0.1, -0.05) is 41.6 Å². The summed E-state index contributed by atoms with van der Waals surface area (Å²) < 4.78 is 1.52. The fraction of sp³-hybridized carbons (Fsp3) is 0. The Hall–Kier alpha value is -0.860. The van der Waals surface area contributed by atoms with Crippen LogP contribution in [0.4, 0.5) is 5.69 Å². The molecule has 1 amide bonds. The Bertz CT molecular complexity index is 878. The summed E-state index contributed by atoms with van der Waals surface area (Å²) >= 11 is 19.1. The summed E-state index contributed by atoms with van der Waals surface area (Å²) in [6.07, 6.45) is 1.73. The van der Waals surface area contributed by atoms with E-state index in [0.29, 0.717) is 28.9 Å². The van der Waals surface area contributed by atoms with Crippen LogP contribution in [-0.2, 0) is 4.79 Å². The quantitative estimate of drug-likeness (QED) is 0.403. The highest BCUT2D eigenvalue weighted by Crippen LogP contribution is 2.38. The molecule has 8 heteroatoms. The molecule has 2 aromatic rings. The van der Waals surface area contributed by atoms with Crippen LogP contribution in [0.25, 0.3) is 6.08 Å². The van der Waals surface area contributed by atoms with E-state index in [1.165, 1.54) is 16.7 Å². The molecule has 1 heterocycles. The summed E-state index contributed by atoms with van der Waals surface area (Å²) in [5, 5.41) is 10.3. The molecule has 0 radical (unpaired) electrons. The number of hydrogen-bond acceptors (Lipinski definition) is 4. The molecule has 2 aromatic carbocycles. The van der Waals surface area contributed by atoms with E-state index in [4.69, 9.17) is 23.8 Å². The average molecular weight is 506 g/mol. The first-order valence-corrected chi connectivity index (χ1v) is 9.77. The molecule has 3 rings (SSSR count). The van der Waals surface area contributed by atoms with Gasteiger partial charge in [0.15, 0.2) is 4.32 Å². The Morgan fingerprint density at radius 2 is 1.88 bits per heavy atom. The monoisotopic (exact) mass is 503 g/mol. The summed E-state index contributed by atoms with van der Waals surface area (Å²) in [7, 11) is 0. The van der Waals surface area contributed by atoms with Crippen molar-refractivity contribution in [3.63, 3.8) is 0 Å². The van der Waals surface area contributed by atoms with Gasteiger partial charge in [-0.15, -0.1) is 0 Å². The molecular weight excluding hydrogens is 498 g/mol. The molecule has 122 valence electrons. The third-order valence-corrected chi connectivity index (χ3v) is 5.94. The van der Waals surface area contributed by atoms with E-state index in [0.717, 1.165) is 5.56 Å². The summed E-state index contributed by atoms with van der Waals surface area (Å²) in [5.41, 5.74) is 1.40. The van der Waals surface area contributed by atoms with E-state index in [1.807, 2.05) is 0 Å². The molecule has 24 heavy (non-hydrogen) atoms. The number of carbonyl (C=O) groups is 1. The van der Waals surface area contributed by atoms with E-state index in [1.54, 1.807) is 42.5 Å². The van der Waals surface area contributed by atoms with Gasteiger partial charge in [0, 0.05) is 5.02 Å². The number of phenolic OH excluding ortho intramolecular Hbond substituents is 1. The lowest BCUT2D eigenvalue weighted by Gasteiger charge is -2.14. The van der Waals surface area contributed by atoms with Crippen LogP contribution in [0, 0.1) is 0 Å². The van der Waals surface area contributed by atoms with Gasteiger partial charge < -0.3 is 5.11 Å². The maximum atomic E-state index is 12.7. The van der Waals surface area contributed by atoms with Crippen molar-refractivity contribution in [3.05, 3.63) is 60.8 Å². The highest BCUT2D eigenvalue weighted by Gasteiger charge is 2.33. The Morgan fingerprint density at radius 3 is 2.50 bits per heavy atom. The van der Waals surface area contributed by atoms with Gasteiger partial charge >= 0.3 is 0 Å². The zero-order valence-electron chi connectivity index (χ0n) is 11.8. The predicted octanol–water partition coefficient (Wildman–Crippen LogP) is 5.98. The van der Waals surface area contributed by atoms with Gasteiger partial charge in [-0.3, -0.25) is 9.69 Å². The highest BCUT2D eigenvalue weighted by molar-refractivity contribution is 9.11. The Balaban J connectivity index is 1.97. The zero-order valence-corrected chi connectivity index (χ0v) is 17.4. The number of thiocarbonyl (C=S) groups is 1. The molecule has 0 atom stereocenters. The van der Waals surface area contributed by atoms with Crippen LogP contribution in [0.3, 0.4) is 0 Å². The summed E-state index contributed by atoms with van der Waals surface area (Å²) in [6.45, 7) is 0. The van der Waals surface area contributed by atoms with Gasteiger partial charge in [0.1, 0.15) is 5.75 Å². The van der Waals surface area contributed by atoms with Crippen molar-refractivity contribution in [2.45, 2.75) is 0 Å². The fourth-order valence-corrected chi connectivity index (χ4v) is 4.83. The van der Waals surface area contributed by atoms with Crippen molar-refractivity contribution >= 4 is 89.4 Å². The van der Waals surface area contributed by atoms with Crippen LogP contribution in [0.15, 0.2) is 50.2 Å². The topological polar surface area (TPSA) is 40.5 Å². The van der Waals surface area contributed by atoms with Crippen LogP contribution in [0.2, 0.25) is 5.02 Å². The molecule has 1 fully saturated rings. The Kier molecular flexibility index (Phi) is 5.36. The number of phenols is 1. The van der Waals surface area contributed by atoms with E-state index >= 15 is 0 Å². The molecule has 1 N–H and O–H groups in total. The molecule has 0 aromatic heterocycles. The maximum Gasteiger partial charge on any atom is 0.270 e. The highest BCUT2D eigenvalue weighted by atomic mass is 79.9. The first kappa shape index (κ1) is 17.9. The van der Waals surface area contributed by atoms with Crippen LogP contribution in [0.1, 0.15) is 5.56 Å². The number of anilines is 1. The normalized spacial score (nSPS) is 16.3. The molecule has 1 saturated heterocycles. The largest absolute Gasteiger partial charge is 0.506 e. The van der Waals surface area contributed by atoms with Crippen molar-refractivity contribution in [1.82, 2.24) is 0 Å². The first-order chi connectivity index (χ1) is 11.4. The lowest BCUT2D eigenvalue weighted by Crippen LogP contribution is -2.27. The van der Waals surface area contributed by atoms with Gasteiger partial charge in [0.05, 0.1) is 19.5 Å². The molecule has 0 saturated carbocycles. The van der Waals surface area contributed by atoms with Crippen molar-refractivity contribution in [2.75, 3.05) is 4.90 Å². The third kappa shape index (κ3) is 3.55. The van der Waals surface area contributed by atoms with E-state index < -0.39 is 0 Å².